The fourth-order valence-corrected chi connectivity index (χ4v) is 4.33. The number of aryl methyl sites for hydroxylation is 1. The molecule has 0 aliphatic heterocycles. The summed E-state index contributed by atoms with van der Waals surface area (Å²) in [5.74, 6) is 0.353. The highest BCUT2D eigenvalue weighted by molar-refractivity contribution is 5.95. The highest BCUT2D eigenvalue weighted by Crippen LogP contribution is 2.34. The first-order valence-electron chi connectivity index (χ1n) is 12.4. The predicted octanol–water partition coefficient (Wildman–Crippen LogP) is 5.25. The number of ether oxygens (including phenoxy) is 1. The number of anilines is 2. The van der Waals surface area contributed by atoms with Crippen LogP contribution in [-0.4, -0.2) is 57.8 Å². The van der Waals surface area contributed by atoms with Crippen molar-refractivity contribution in [1.29, 1.82) is 0 Å². The molecular weight excluding hydrogens is 485 g/mol. The number of aromatic amines is 1. The fourth-order valence-electron chi connectivity index (χ4n) is 4.33. The summed E-state index contributed by atoms with van der Waals surface area (Å²) >= 11 is 0. The lowest BCUT2D eigenvalue weighted by molar-refractivity contribution is -0.137. The van der Waals surface area contributed by atoms with E-state index in [1.165, 1.54) is 12.1 Å². The molecule has 11 heteroatoms. The van der Waals surface area contributed by atoms with Crippen molar-refractivity contribution in [2.45, 2.75) is 45.7 Å². The summed E-state index contributed by atoms with van der Waals surface area (Å²) in [5.41, 5.74) is 2.70. The summed E-state index contributed by atoms with van der Waals surface area (Å²) in [6.45, 7) is 5.70. The highest BCUT2D eigenvalue weighted by atomic mass is 19.4. The lowest BCUT2D eigenvalue weighted by Crippen LogP contribution is -2.37. The molecule has 2 N–H and O–H groups in total. The number of benzene rings is 1. The Hall–Kier alpha value is -3.47. The Morgan fingerprint density at radius 3 is 2.81 bits per heavy atom. The van der Waals surface area contributed by atoms with Crippen LogP contribution in [0.25, 0.3) is 11.4 Å². The summed E-state index contributed by atoms with van der Waals surface area (Å²) in [6, 6.07) is 4.87. The molecule has 1 aromatic carbocycles. The number of H-pyrrole nitrogens is 1. The second-order valence-corrected chi connectivity index (χ2v) is 9.31. The van der Waals surface area contributed by atoms with E-state index in [0.717, 1.165) is 36.1 Å². The minimum absolute atomic E-state index is 0.133. The van der Waals surface area contributed by atoms with Crippen LogP contribution in [0.3, 0.4) is 0 Å². The predicted molar refractivity (Wildman–Crippen MR) is 134 cm³/mol. The van der Waals surface area contributed by atoms with Gasteiger partial charge in [0.25, 0.3) is 5.91 Å². The van der Waals surface area contributed by atoms with Crippen molar-refractivity contribution in [1.82, 2.24) is 25.1 Å². The first-order chi connectivity index (χ1) is 17.7. The van der Waals surface area contributed by atoms with Crippen molar-refractivity contribution in [2.75, 3.05) is 32.1 Å². The normalized spacial score (nSPS) is 13.9. The molecule has 0 saturated heterocycles. The smallest absolute Gasteiger partial charge is 0.383 e. The van der Waals surface area contributed by atoms with Crippen molar-refractivity contribution in [2.24, 2.45) is 5.92 Å². The average molecular weight is 517 g/mol. The number of aromatic nitrogens is 4. The number of amides is 1. The zero-order valence-corrected chi connectivity index (χ0v) is 21.2. The first kappa shape index (κ1) is 26.6. The van der Waals surface area contributed by atoms with E-state index in [-0.39, 0.29) is 17.5 Å². The van der Waals surface area contributed by atoms with Gasteiger partial charge in [-0.05, 0) is 48.9 Å². The lowest BCUT2D eigenvalue weighted by Gasteiger charge is -2.25. The minimum Gasteiger partial charge on any atom is -0.383 e. The van der Waals surface area contributed by atoms with E-state index in [2.05, 4.69) is 39.3 Å². The van der Waals surface area contributed by atoms with Gasteiger partial charge in [0.15, 0.2) is 0 Å². The Labute approximate surface area is 213 Å². The SMILES string of the molecule is CCC(C)CN(CCOC)C(=O)c1[nH]nc2c1CCCc1cnc(Nc3cccc(C(F)(F)F)c3)nc1-2. The van der Waals surface area contributed by atoms with Gasteiger partial charge in [-0.25, -0.2) is 9.97 Å². The monoisotopic (exact) mass is 516 g/mol. The summed E-state index contributed by atoms with van der Waals surface area (Å²) in [4.78, 5) is 24.2. The van der Waals surface area contributed by atoms with Crippen molar-refractivity contribution < 1.29 is 22.7 Å². The van der Waals surface area contributed by atoms with Crippen LogP contribution in [0, 0.1) is 5.92 Å². The molecular formula is C26H31F3N6O2. The number of nitrogens with one attached hydrogen (secondary N) is 2. The first-order valence-corrected chi connectivity index (χ1v) is 12.4. The summed E-state index contributed by atoms with van der Waals surface area (Å²) in [7, 11) is 1.61. The van der Waals surface area contributed by atoms with Gasteiger partial charge < -0.3 is 15.0 Å². The van der Waals surface area contributed by atoms with Crippen LogP contribution in [0.15, 0.2) is 30.5 Å². The number of carbonyl (C=O) groups excluding carboxylic acids is 1. The van der Waals surface area contributed by atoms with E-state index in [0.29, 0.717) is 55.5 Å². The molecule has 0 fully saturated rings. The Kier molecular flexibility index (Phi) is 8.11. The zero-order chi connectivity index (χ0) is 26.6. The third-order valence-corrected chi connectivity index (χ3v) is 6.57. The molecule has 0 bridgehead atoms. The lowest BCUT2D eigenvalue weighted by atomic mass is 10.1. The number of nitrogens with zero attached hydrogens (tertiary/aromatic N) is 4. The molecule has 1 unspecified atom stereocenters. The van der Waals surface area contributed by atoms with Crippen LogP contribution in [0.1, 0.15) is 53.9 Å². The molecule has 0 saturated carbocycles. The fraction of sp³-hybridized carbons (Fsp3) is 0.462. The van der Waals surface area contributed by atoms with Gasteiger partial charge >= 0.3 is 6.18 Å². The Balaban J connectivity index is 1.64. The van der Waals surface area contributed by atoms with Crippen molar-refractivity contribution in [3.05, 3.63) is 52.8 Å². The van der Waals surface area contributed by atoms with E-state index < -0.39 is 11.7 Å². The van der Waals surface area contributed by atoms with Crippen molar-refractivity contribution in [3.63, 3.8) is 0 Å². The molecule has 2 heterocycles. The van der Waals surface area contributed by atoms with Gasteiger partial charge in [0.1, 0.15) is 11.4 Å². The van der Waals surface area contributed by atoms with Gasteiger partial charge in [-0.1, -0.05) is 26.3 Å². The van der Waals surface area contributed by atoms with Crippen LogP contribution in [0.2, 0.25) is 0 Å². The van der Waals surface area contributed by atoms with Crippen molar-refractivity contribution in [3.8, 4) is 11.4 Å². The van der Waals surface area contributed by atoms with Gasteiger partial charge in [0.2, 0.25) is 5.95 Å². The number of carbonyl (C=O) groups is 1. The van der Waals surface area contributed by atoms with E-state index in [1.807, 2.05) is 0 Å². The van der Waals surface area contributed by atoms with Crippen LogP contribution >= 0.6 is 0 Å². The number of hydrogen-bond acceptors (Lipinski definition) is 6. The number of methoxy groups -OCH3 is 1. The maximum atomic E-state index is 13.5. The van der Waals surface area contributed by atoms with E-state index in [9.17, 15) is 18.0 Å². The molecule has 1 amide bonds. The molecule has 4 rings (SSSR count). The molecule has 0 radical (unpaired) electrons. The number of halogens is 3. The third-order valence-electron chi connectivity index (χ3n) is 6.57. The van der Waals surface area contributed by atoms with E-state index in [4.69, 9.17) is 4.74 Å². The molecule has 0 spiro atoms. The molecule has 3 aromatic rings. The Morgan fingerprint density at radius 1 is 1.27 bits per heavy atom. The second kappa shape index (κ2) is 11.3. The zero-order valence-electron chi connectivity index (χ0n) is 21.2. The number of rotatable bonds is 9. The Bertz CT molecular complexity index is 1240. The van der Waals surface area contributed by atoms with E-state index >= 15 is 0 Å². The molecule has 1 aliphatic rings. The quantitative estimate of drug-likeness (QED) is 0.403. The molecule has 37 heavy (non-hydrogen) atoms. The number of alkyl halides is 3. The van der Waals surface area contributed by atoms with Gasteiger partial charge in [0.05, 0.1) is 17.9 Å². The molecule has 1 atom stereocenters. The molecule has 8 nitrogen and oxygen atoms in total. The number of hydrogen-bond donors (Lipinski definition) is 2. The summed E-state index contributed by atoms with van der Waals surface area (Å²) in [6.07, 6.45) is 0.282. The van der Waals surface area contributed by atoms with Crippen LogP contribution < -0.4 is 5.32 Å². The maximum absolute atomic E-state index is 13.5. The third kappa shape index (κ3) is 6.10. The number of fused-ring (bicyclic) bond motifs is 3. The highest BCUT2D eigenvalue weighted by Gasteiger charge is 2.31. The van der Waals surface area contributed by atoms with Crippen LogP contribution in [-0.2, 0) is 23.8 Å². The molecule has 198 valence electrons. The maximum Gasteiger partial charge on any atom is 0.416 e. The van der Waals surface area contributed by atoms with Gasteiger partial charge in [-0.15, -0.1) is 0 Å². The topological polar surface area (TPSA) is 96.0 Å². The second-order valence-electron chi connectivity index (χ2n) is 9.31. The molecule has 1 aliphatic carbocycles. The Morgan fingerprint density at radius 2 is 2.08 bits per heavy atom. The van der Waals surface area contributed by atoms with Crippen molar-refractivity contribution >= 4 is 17.5 Å². The summed E-state index contributed by atoms with van der Waals surface area (Å²) in [5, 5.41) is 10.3. The minimum atomic E-state index is -4.45. The van der Waals surface area contributed by atoms with Crippen LogP contribution in [0.5, 0.6) is 0 Å². The average Bonchev–Trinajstić information content (AvgIpc) is 3.21. The molecule has 2 aromatic heterocycles. The van der Waals surface area contributed by atoms with Gasteiger partial charge in [-0.3, -0.25) is 9.89 Å². The standard InChI is InChI=1S/C26H31F3N6O2/c1-4-16(2)15-35(11-12-37-3)24(36)23-20-10-5-7-17-14-30-25(32-21(17)22(20)33-34-23)31-19-9-6-8-18(13-19)26(27,28)29/h6,8-9,13-14,16H,4-5,7,10-12,15H2,1-3H3,(H,33,34)(H,30,31,32). The van der Waals surface area contributed by atoms with Gasteiger partial charge in [-0.2, -0.15) is 18.3 Å². The largest absolute Gasteiger partial charge is 0.416 e. The van der Waals surface area contributed by atoms with E-state index in [1.54, 1.807) is 18.2 Å². The van der Waals surface area contributed by atoms with Gasteiger partial charge in [0, 0.05) is 37.6 Å². The summed E-state index contributed by atoms with van der Waals surface area (Å²) < 4.78 is 44.6. The van der Waals surface area contributed by atoms with Crippen LogP contribution in [0.4, 0.5) is 24.8 Å².